The number of benzene rings is 1. The average Bonchev–Trinajstić information content (AvgIpc) is 2.62. The highest BCUT2D eigenvalue weighted by Gasteiger charge is 2.34. The van der Waals surface area contributed by atoms with Crippen LogP contribution < -0.4 is 5.32 Å². The van der Waals surface area contributed by atoms with Crippen molar-refractivity contribution in [1.82, 2.24) is 5.32 Å². The predicted octanol–water partition coefficient (Wildman–Crippen LogP) is 3.05. The molecule has 1 amide bonds. The fourth-order valence-electron chi connectivity index (χ4n) is 1.54. The molecule has 100 valence electrons. The Balaban J connectivity index is 0.00000162. The van der Waals surface area contributed by atoms with Crippen LogP contribution in [0.5, 0.6) is 0 Å². The van der Waals surface area contributed by atoms with E-state index in [4.69, 9.17) is 0 Å². The summed E-state index contributed by atoms with van der Waals surface area (Å²) in [6, 6.07) is 1.91. The van der Waals surface area contributed by atoms with Crippen LogP contribution in [-0.2, 0) is 10.9 Å². The fraction of sp³-hybridized carbons (Fsp3) is 0.300. The SMILES string of the molecule is Cl.O=C1N[C@H](c2ccc(C(F)(F)F)c(F)c2)CO1. The number of hydrogen-bond donors (Lipinski definition) is 1. The minimum absolute atomic E-state index is 0. The molecule has 1 saturated heterocycles. The van der Waals surface area contributed by atoms with E-state index in [2.05, 4.69) is 10.1 Å². The van der Waals surface area contributed by atoms with E-state index in [1.807, 2.05) is 0 Å². The molecule has 3 nitrogen and oxygen atoms in total. The van der Waals surface area contributed by atoms with Crippen molar-refractivity contribution in [3.63, 3.8) is 0 Å². The number of hydrogen-bond acceptors (Lipinski definition) is 2. The lowest BCUT2D eigenvalue weighted by Gasteiger charge is -2.11. The molecule has 0 spiro atoms. The summed E-state index contributed by atoms with van der Waals surface area (Å²) >= 11 is 0. The first-order chi connectivity index (χ1) is 7.88. The molecule has 18 heavy (non-hydrogen) atoms. The van der Waals surface area contributed by atoms with Gasteiger partial charge in [0.25, 0.3) is 0 Å². The van der Waals surface area contributed by atoms with Crippen molar-refractivity contribution in [2.24, 2.45) is 0 Å². The van der Waals surface area contributed by atoms with E-state index >= 15 is 0 Å². The number of amides is 1. The van der Waals surface area contributed by atoms with Crippen molar-refractivity contribution in [2.45, 2.75) is 12.2 Å². The smallest absolute Gasteiger partial charge is 0.419 e. The van der Waals surface area contributed by atoms with Gasteiger partial charge in [-0.05, 0) is 17.7 Å². The first-order valence-corrected chi connectivity index (χ1v) is 4.68. The van der Waals surface area contributed by atoms with Crippen molar-refractivity contribution in [3.05, 3.63) is 35.1 Å². The molecular formula is C10H8ClF4NO2. The van der Waals surface area contributed by atoms with Crippen LogP contribution in [0.2, 0.25) is 0 Å². The molecule has 0 radical (unpaired) electrons. The Bertz CT molecular complexity index is 464. The Morgan fingerprint density at radius 1 is 1.33 bits per heavy atom. The first-order valence-electron chi connectivity index (χ1n) is 4.68. The summed E-state index contributed by atoms with van der Waals surface area (Å²) in [5, 5.41) is 2.35. The van der Waals surface area contributed by atoms with Crippen LogP contribution in [0, 0.1) is 5.82 Å². The standard InChI is InChI=1S/C10H7F4NO2.ClH/c11-7-3-5(8-4-17-9(16)15-8)1-2-6(7)10(12,13)14;/h1-3,8H,4H2,(H,15,16);1H/t8-;/m0./s1. The molecule has 0 unspecified atom stereocenters. The molecule has 1 heterocycles. The van der Waals surface area contributed by atoms with Crippen molar-refractivity contribution in [2.75, 3.05) is 6.61 Å². The highest BCUT2D eigenvalue weighted by Crippen LogP contribution is 2.32. The minimum atomic E-state index is -4.72. The number of carbonyl (C=O) groups excluding carboxylic acids is 1. The fourth-order valence-corrected chi connectivity index (χ4v) is 1.54. The molecule has 1 aromatic rings. The number of alkyl carbamates (subject to hydrolysis) is 1. The molecular weight excluding hydrogens is 278 g/mol. The molecule has 1 aliphatic rings. The van der Waals surface area contributed by atoms with E-state index in [9.17, 15) is 22.4 Å². The number of cyclic esters (lactones) is 1. The van der Waals surface area contributed by atoms with Gasteiger partial charge < -0.3 is 10.1 Å². The van der Waals surface area contributed by atoms with E-state index in [0.29, 0.717) is 6.07 Å². The monoisotopic (exact) mass is 285 g/mol. The summed E-state index contributed by atoms with van der Waals surface area (Å²) in [6.45, 7) is -0.0242. The Hall–Kier alpha value is -1.50. The molecule has 1 N–H and O–H groups in total. The molecule has 8 heteroatoms. The Labute approximate surface area is 106 Å². The molecule has 0 bridgehead atoms. The quantitative estimate of drug-likeness (QED) is 0.806. The van der Waals surface area contributed by atoms with E-state index in [1.54, 1.807) is 0 Å². The van der Waals surface area contributed by atoms with E-state index in [1.165, 1.54) is 0 Å². The van der Waals surface area contributed by atoms with Gasteiger partial charge in [-0.3, -0.25) is 0 Å². The van der Waals surface area contributed by atoms with Crippen LogP contribution in [0.3, 0.4) is 0 Å². The summed E-state index contributed by atoms with van der Waals surface area (Å²) in [5.41, 5.74) is -1.09. The van der Waals surface area contributed by atoms with Gasteiger partial charge in [0.1, 0.15) is 12.4 Å². The molecule has 2 rings (SSSR count). The molecule has 0 aliphatic carbocycles. The summed E-state index contributed by atoms with van der Waals surface area (Å²) in [5.74, 6) is -1.36. The summed E-state index contributed by atoms with van der Waals surface area (Å²) < 4.78 is 54.6. The van der Waals surface area contributed by atoms with Gasteiger partial charge in [0, 0.05) is 0 Å². The van der Waals surface area contributed by atoms with Crippen LogP contribution in [0.1, 0.15) is 17.2 Å². The summed E-state index contributed by atoms with van der Waals surface area (Å²) in [7, 11) is 0. The average molecular weight is 286 g/mol. The van der Waals surface area contributed by atoms with Gasteiger partial charge in [-0.25, -0.2) is 9.18 Å². The Morgan fingerprint density at radius 3 is 2.44 bits per heavy atom. The van der Waals surface area contributed by atoms with E-state index in [-0.39, 0.29) is 24.6 Å². The van der Waals surface area contributed by atoms with Gasteiger partial charge in [0.15, 0.2) is 0 Å². The number of alkyl halides is 3. The van der Waals surface area contributed by atoms with Crippen molar-refractivity contribution in [3.8, 4) is 0 Å². The third-order valence-corrected chi connectivity index (χ3v) is 2.37. The zero-order valence-electron chi connectivity index (χ0n) is 8.75. The molecule has 1 fully saturated rings. The van der Waals surface area contributed by atoms with E-state index in [0.717, 1.165) is 12.1 Å². The summed E-state index contributed by atoms with van der Waals surface area (Å²) in [4.78, 5) is 10.7. The van der Waals surface area contributed by atoms with Crippen molar-refractivity contribution < 1.29 is 27.1 Å². The van der Waals surface area contributed by atoms with Gasteiger partial charge in [-0.15, -0.1) is 12.4 Å². The third-order valence-electron chi connectivity index (χ3n) is 2.37. The number of rotatable bonds is 1. The molecule has 1 atom stereocenters. The second-order valence-corrected chi connectivity index (χ2v) is 3.53. The minimum Gasteiger partial charge on any atom is -0.447 e. The van der Waals surface area contributed by atoms with Gasteiger partial charge >= 0.3 is 12.3 Å². The summed E-state index contributed by atoms with van der Waals surface area (Å²) in [6.07, 6.45) is -5.40. The highest BCUT2D eigenvalue weighted by molar-refractivity contribution is 5.85. The third kappa shape index (κ3) is 2.84. The van der Waals surface area contributed by atoms with Gasteiger partial charge in [-0.2, -0.15) is 13.2 Å². The maximum atomic E-state index is 13.2. The maximum Gasteiger partial charge on any atom is 0.419 e. The zero-order valence-corrected chi connectivity index (χ0v) is 9.57. The zero-order chi connectivity index (χ0) is 12.6. The highest BCUT2D eigenvalue weighted by atomic mass is 35.5. The topological polar surface area (TPSA) is 38.3 Å². The second kappa shape index (κ2) is 5.01. The van der Waals surface area contributed by atoms with Gasteiger partial charge in [0.2, 0.25) is 0 Å². The Morgan fingerprint density at radius 2 is 2.00 bits per heavy atom. The molecule has 0 saturated carbocycles. The van der Waals surface area contributed by atoms with Crippen LogP contribution >= 0.6 is 12.4 Å². The van der Waals surface area contributed by atoms with Crippen LogP contribution in [0.15, 0.2) is 18.2 Å². The lowest BCUT2D eigenvalue weighted by Crippen LogP contribution is -2.19. The van der Waals surface area contributed by atoms with Crippen molar-refractivity contribution >= 4 is 18.5 Å². The van der Waals surface area contributed by atoms with E-state index < -0.39 is 29.7 Å². The normalized spacial score (nSPS) is 18.9. The molecule has 1 aliphatic heterocycles. The van der Waals surface area contributed by atoms with Crippen molar-refractivity contribution in [1.29, 1.82) is 0 Å². The maximum absolute atomic E-state index is 13.2. The lowest BCUT2D eigenvalue weighted by molar-refractivity contribution is -0.140. The van der Waals surface area contributed by atoms with Gasteiger partial charge in [0.05, 0.1) is 11.6 Å². The number of ether oxygens (including phenoxy) is 1. The second-order valence-electron chi connectivity index (χ2n) is 3.53. The number of carbonyl (C=O) groups is 1. The van der Waals surface area contributed by atoms with Crippen LogP contribution in [-0.4, -0.2) is 12.7 Å². The predicted molar refractivity (Wildman–Crippen MR) is 55.9 cm³/mol. The molecule has 1 aromatic carbocycles. The largest absolute Gasteiger partial charge is 0.447 e. The first kappa shape index (κ1) is 14.6. The number of halogens is 5. The molecule has 0 aromatic heterocycles. The van der Waals surface area contributed by atoms with Crippen LogP contribution in [0.25, 0.3) is 0 Å². The number of nitrogens with one attached hydrogen (secondary N) is 1. The Kier molecular flexibility index (Phi) is 4.05. The lowest BCUT2D eigenvalue weighted by atomic mass is 10.1. The van der Waals surface area contributed by atoms with Crippen LogP contribution in [0.4, 0.5) is 22.4 Å². The van der Waals surface area contributed by atoms with Gasteiger partial charge in [-0.1, -0.05) is 6.07 Å².